The molecule has 0 radical (unpaired) electrons. The van der Waals surface area contributed by atoms with Crippen LogP contribution in [-0.2, 0) is 4.79 Å². The molecule has 2 rings (SSSR count). The predicted molar refractivity (Wildman–Crippen MR) is 58.5 cm³/mol. The fraction of sp³-hybridized carbons (Fsp3) is 0.818. The summed E-state index contributed by atoms with van der Waals surface area (Å²) in [7, 11) is 0. The molecule has 4 nitrogen and oxygen atoms in total. The lowest BCUT2D eigenvalue weighted by molar-refractivity contribution is -0.130. The van der Waals surface area contributed by atoms with E-state index in [4.69, 9.17) is 5.41 Å². The van der Waals surface area contributed by atoms with E-state index in [1.165, 1.54) is 6.42 Å². The van der Waals surface area contributed by atoms with Crippen LogP contribution in [0.2, 0.25) is 0 Å². The van der Waals surface area contributed by atoms with Gasteiger partial charge in [0.25, 0.3) is 0 Å². The van der Waals surface area contributed by atoms with Crippen LogP contribution in [0.5, 0.6) is 0 Å². The summed E-state index contributed by atoms with van der Waals surface area (Å²) in [5, 5.41) is 10.9. The van der Waals surface area contributed by atoms with Crippen molar-refractivity contribution in [2.45, 2.75) is 39.2 Å². The monoisotopic (exact) mass is 209 g/mol. The molecule has 1 aliphatic carbocycles. The van der Waals surface area contributed by atoms with E-state index in [1.807, 2.05) is 13.8 Å². The zero-order valence-corrected chi connectivity index (χ0v) is 9.63. The van der Waals surface area contributed by atoms with Gasteiger partial charge in [0.1, 0.15) is 0 Å². The number of nitrogens with zero attached hydrogens (tertiary/aromatic N) is 1. The highest BCUT2D eigenvalue weighted by Crippen LogP contribution is 2.38. The summed E-state index contributed by atoms with van der Waals surface area (Å²) >= 11 is 0. The van der Waals surface area contributed by atoms with E-state index in [-0.39, 0.29) is 17.4 Å². The highest BCUT2D eigenvalue weighted by atomic mass is 16.2. The van der Waals surface area contributed by atoms with Gasteiger partial charge in [-0.2, -0.15) is 0 Å². The molecule has 2 fully saturated rings. The Balaban J connectivity index is 2.00. The maximum atomic E-state index is 11.8. The van der Waals surface area contributed by atoms with Gasteiger partial charge < -0.3 is 5.32 Å². The smallest absolute Gasteiger partial charge is 0.231 e. The Morgan fingerprint density at radius 3 is 2.67 bits per heavy atom. The molecule has 0 bridgehead atoms. The molecule has 0 aromatic heterocycles. The second kappa shape index (κ2) is 3.22. The average Bonchev–Trinajstić information content (AvgIpc) is 2.73. The molecular weight excluding hydrogens is 190 g/mol. The zero-order chi connectivity index (χ0) is 11.2. The number of guanidine groups is 1. The number of nitrogens with one attached hydrogen (secondary N) is 2. The fourth-order valence-corrected chi connectivity index (χ4v) is 2.11. The third-order valence-electron chi connectivity index (χ3n) is 3.31. The molecule has 2 aliphatic rings. The van der Waals surface area contributed by atoms with Crippen molar-refractivity contribution < 1.29 is 4.79 Å². The topological polar surface area (TPSA) is 56.2 Å². The van der Waals surface area contributed by atoms with Gasteiger partial charge in [0.2, 0.25) is 5.91 Å². The van der Waals surface area contributed by atoms with Crippen LogP contribution >= 0.6 is 0 Å². The Bertz CT molecular complexity index is 291. The summed E-state index contributed by atoms with van der Waals surface area (Å²) in [5.41, 5.74) is -0.264. The molecule has 1 saturated heterocycles. The molecule has 0 unspecified atom stereocenters. The first kappa shape index (κ1) is 10.5. The van der Waals surface area contributed by atoms with Crippen LogP contribution in [0.15, 0.2) is 0 Å². The van der Waals surface area contributed by atoms with Gasteiger partial charge in [-0.05, 0) is 32.1 Å². The molecule has 84 valence electrons. The number of carbonyl (C=O) groups is 1. The van der Waals surface area contributed by atoms with Crippen molar-refractivity contribution >= 4 is 11.9 Å². The van der Waals surface area contributed by atoms with Crippen LogP contribution in [0, 0.1) is 17.2 Å². The van der Waals surface area contributed by atoms with E-state index in [2.05, 4.69) is 12.2 Å². The van der Waals surface area contributed by atoms with Crippen molar-refractivity contribution in [2.75, 3.05) is 6.54 Å². The summed E-state index contributed by atoms with van der Waals surface area (Å²) in [4.78, 5) is 13.4. The van der Waals surface area contributed by atoms with Gasteiger partial charge in [-0.1, -0.05) is 6.92 Å². The Morgan fingerprint density at radius 2 is 2.20 bits per heavy atom. The number of hydrogen-bond acceptors (Lipinski definition) is 2. The normalized spacial score (nSPS) is 33.9. The van der Waals surface area contributed by atoms with Crippen LogP contribution in [0.1, 0.15) is 33.6 Å². The molecule has 0 aromatic rings. The van der Waals surface area contributed by atoms with E-state index in [9.17, 15) is 4.79 Å². The number of amides is 1. The predicted octanol–water partition coefficient (Wildman–Crippen LogP) is 1.18. The molecular formula is C11H19N3O. The molecule has 1 amide bonds. The SMILES string of the molecule is C[C@@H]1C[C@H]1CN1C(=N)NC(C)(C)CC1=O. The quantitative estimate of drug-likeness (QED) is 0.717. The van der Waals surface area contributed by atoms with Crippen LogP contribution in [0.3, 0.4) is 0 Å². The van der Waals surface area contributed by atoms with Crippen LogP contribution in [0.4, 0.5) is 0 Å². The minimum absolute atomic E-state index is 0.0860. The summed E-state index contributed by atoms with van der Waals surface area (Å²) < 4.78 is 0. The van der Waals surface area contributed by atoms with E-state index in [0.29, 0.717) is 12.3 Å². The lowest BCUT2D eigenvalue weighted by Crippen LogP contribution is -2.60. The Hall–Kier alpha value is -1.06. The first-order chi connectivity index (χ1) is 6.89. The highest BCUT2D eigenvalue weighted by molar-refractivity contribution is 5.99. The Kier molecular flexibility index (Phi) is 2.24. The summed E-state index contributed by atoms with van der Waals surface area (Å²) in [6.45, 7) is 6.83. The van der Waals surface area contributed by atoms with Crippen LogP contribution in [0.25, 0.3) is 0 Å². The molecule has 0 aromatic carbocycles. The zero-order valence-electron chi connectivity index (χ0n) is 9.63. The molecule has 1 aliphatic heterocycles. The summed E-state index contributed by atoms with van der Waals surface area (Å²) in [6, 6.07) is 0. The third kappa shape index (κ3) is 2.13. The van der Waals surface area contributed by atoms with Gasteiger partial charge in [-0.15, -0.1) is 0 Å². The molecule has 4 heteroatoms. The Morgan fingerprint density at radius 1 is 1.60 bits per heavy atom. The molecule has 0 spiro atoms. The van der Waals surface area contributed by atoms with Crippen LogP contribution in [-0.4, -0.2) is 28.9 Å². The standard InChI is InChI=1S/C11H19N3O/c1-7-4-8(7)6-14-9(15)5-11(2,3)13-10(14)12/h7-8H,4-6H2,1-3H3,(H2,12,13)/t7-,8+/m1/s1. The van der Waals surface area contributed by atoms with E-state index < -0.39 is 0 Å². The average molecular weight is 209 g/mol. The van der Waals surface area contributed by atoms with E-state index in [1.54, 1.807) is 4.90 Å². The third-order valence-corrected chi connectivity index (χ3v) is 3.31. The maximum Gasteiger partial charge on any atom is 0.231 e. The molecule has 2 N–H and O–H groups in total. The number of rotatable bonds is 2. The minimum atomic E-state index is -0.264. The van der Waals surface area contributed by atoms with Crippen LogP contribution < -0.4 is 5.32 Å². The summed E-state index contributed by atoms with van der Waals surface area (Å²) in [6.07, 6.45) is 1.68. The maximum absolute atomic E-state index is 11.8. The van der Waals surface area contributed by atoms with Gasteiger partial charge in [-0.25, -0.2) is 0 Å². The van der Waals surface area contributed by atoms with Gasteiger partial charge in [0.15, 0.2) is 5.96 Å². The number of carbonyl (C=O) groups excluding carboxylic acids is 1. The van der Waals surface area contributed by atoms with Crippen molar-refractivity contribution in [3.63, 3.8) is 0 Å². The van der Waals surface area contributed by atoms with Gasteiger partial charge in [0.05, 0.1) is 0 Å². The lowest BCUT2D eigenvalue weighted by atomic mass is 9.97. The second-order valence-electron chi connectivity index (χ2n) is 5.51. The molecule has 15 heavy (non-hydrogen) atoms. The lowest BCUT2D eigenvalue weighted by Gasteiger charge is -2.38. The minimum Gasteiger partial charge on any atom is -0.351 e. The van der Waals surface area contributed by atoms with Crippen molar-refractivity contribution in [2.24, 2.45) is 11.8 Å². The van der Waals surface area contributed by atoms with Crippen molar-refractivity contribution in [1.29, 1.82) is 5.41 Å². The van der Waals surface area contributed by atoms with E-state index in [0.717, 1.165) is 12.5 Å². The van der Waals surface area contributed by atoms with Crippen molar-refractivity contribution in [1.82, 2.24) is 10.2 Å². The molecule has 2 atom stereocenters. The number of hydrogen-bond donors (Lipinski definition) is 2. The summed E-state index contributed by atoms with van der Waals surface area (Å²) in [5.74, 6) is 1.69. The van der Waals surface area contributed by atoms with Crippen molar-refractivity contribution in [3.05, 3.63) is 0 Å². The second-order valence-corrected chi connectivity index (χ2v) is 5.51. The van der Waals surface area contributed by atoms with Gasteiger partial charge in [0, 0.05) is 18.5 Å². The van der Waals surface area contributed by atoms with E-state index >= 15 is 0 Å². The largest absolute Gasteiger partial charge is 0.351 e. The van der Waals surface area contributed by atoms with Crippen molar-refractivity contribution in [3.8, 4) is 0 Å². The Labute approximate surface area is 90.5 Å². The molecule has 1 heterocycles. The highest BCUT2D eigenvalue weighted by Gasteiger charge is 2.40. The molecule has 1 saturated carbocycles. The first-order valence-corrected chi connectivity index (χ1v) is 5.56. The van der Waals surface area contributed by atoms with Gasteiger partial charge >= 0.3 is 0 Å². The van der Waals surface area contributed by atoms with Gasteiger partial charge in [-0.3, -0.25) is 15.1 Å². The fourth-order valence-electron chi connectivity index (χ4n) is 2.11. The first-order valence-electron chi connectivity index (χ1n) is 5.56.